The summed E-state index contributed by atoms with van der Waals surface area (Å²) in [6.07, 6.45) is 1.71. The lowest BCUT2D eigenvalue weighted by Crippen LogP contribution is -2.44. The summed E-state index contributed by atoms with van der Waals surface area (Å²) in [5.41, 5.74) is 0.0372. The molecule has 35 heavy (non-hydrogen) atoms. The molecule has 188 valence electrons. The van der Waals surface area contributed by atoms with Gasteiger partial charge in [0.25, 0.3) is 5.82 Å². The van der Waals surface area contributed by atoms with E-state index in [4.69, 9.17) is 4.42 Å². The van der Waals surface area contributed by atoms with Crippen molar-refractivity contribution >= 4 is 17.4 Å². The Morgan fingerprint density at radius 3 is 2.54 bits per heavy atom. The van der Waals surface area contributed by atoms with Gasteiger partial charge in [-0.3, -0.25) is 9.69 Å². The van der Waals surface area contributed by atoms with Crippen LogP contribution >= 0.6 is 0 Å². The molecule has 2 aliphatic heterocycles. The largest absolute Gasteiger partial charge is 0.468 e. The van der Waals surface area contributed by atoms with E-state index in [2.05, 4.69) is 25.5 Å². The highest BCUT2D eigenvalue weighted by Crippen LogP contribution is 2.29. The van der Waals surface area contributed by atoms with Crippen molar-refractivity contribution in [2.24, 2.45) is 5.92 Å². The number of alkyl halides is 3. The van der Waals surface area contributed by atoms with Crippen molar-refractivity contribution in [1.29, 1.82) is 0 Å². The van der Waals surface area contributed by atoms with Crippen molar-refractivity contribution in [3.05, 3.63) is 42.1 Å². The highest BCUT2D eigenvalue weighted by molar-refractivity contribution is 5.79. The molecule has 9 nitrogen and oxygen atoms in total. The number of hydrogen-bond donors (Lipinski definition) is 1. The monoisotopic (exact) mass is 491 g/mol. The number of amides is 1. The average Bonchev–Trinajstić information content (AvgIpc) is 3.55. The Bertz CT molecular complexity index is 1130. The molecule has 3 aromatic rings. The van der Waals surface area contributed by atoms with Crippen LogP contribution in [0.2, 0.25) is 0 Å². The van der Waals surface area contributed by atoms with Gasteiger partial charge >= 0.3 is 6.18 Å². The number of rotatable bonds is 6. The summed E-state index contributed by atoms with van der Waals surface area (Å²) in [6.45, 7) is 3.50. The van der Waals surface area contributed by atoms with Crippen molar-refractivity contribution in [2.75, 3.05) is 37.6 Å². The van der Waals surface area contributed by atoms with Crippen molar-refractivity contribution < 1.29 is 22.4 Å². The van der Waals surface area contributed by atoms with Crippen molar-refractivity contribution in [1.82, 2.24) is 30.0 Å². The van der Waals surface area contributed by atoms with Gasteiger partial charge in [-0.25, -0.2) is 0 Å². The summed E-state index contributed by atoms with van der Waals surface area (Å²) in [5, 5.41) is 14.0. The predicted molar refractivity (Wildman–Crippen MR) is 121 cm³/mol. The van der Waals surface area contributed by atoms with Gasteiger partial charge in [0.1, 0.15) is 11.6 Å². The summed E-state index contributed by atoms with van der Waals surface area (Å²) in [5.74, 6) is -0.0437. The van der Waals surface area contributed by atoms with Gasteiger partial charge < -0.3 is 14.6 Å². The first-order valence-electron chi connectivity index (χ1n) is 12.0. The van der Waals surface area contributed by atoms with Crippen LogP contribution in [0.1, 0.15) is 49.7 Å². The van der Waals surface area contributed by atoms with Gasteiger partial charge in [0.15, 0.2) is 5.65 Å². The van der Waals surface area contributed by atoms with E-state index in [1.807, 2.05) is 17.0 Å². The molecular formula is C23H28F3N7O2. The standard InChI is InChI=1S/C23H28F3N7O2/c24-23(25,26)22-29-28-19-6-7-20(30-33(19)22)32-12-8-16(9-13-32)21(34)27-15-17(18-5-4-14-35-18)31-10-2-1-3-11-31/h4-7,14,16-17H,1-3,8-13,15H2,(H,27,34). The Morgan fingerprint density at radius 2 is 1.86 bits per heavy atom. The number of nitrogens with zero attached hydrogens (tertiary/aromatic N) is 6. The van der Waals surface area contributed by atoms with E-state index in [-0.39, 0.29) is 23.5 Å². The molecule has 0 radical (unpaired) electrons. The fourth-order valence-electron chi connectivity index (χ4n) is 4.96. The number of furan rings is 1. The number of aromatic nitrogens is 4. The van der Waals surface area contributed by atoms with Crippen LogP contribution in [0.25, 0.3) is 5.65 Å². The molecule has 0 spiro atoms. The van der Waals surface area contributed by atoms with E-state index in [9.17, 15) is 18.0 Å². The normalized spacial score (nSPS) is 19.2. The molecule has 2 fully saturated rings. The zero-order valence-electron chi connectivity index (χ0n) is 19.2. The quantitative estimate of drug-likeness (QED) is 0.566. The third-order valence-corrected chi connectivity index (χ3v) is 6.86. The summed E-state index contributed by atoms with van der Waals surface area (Å²) >= 11 is 0. The first-order chi connectivity index (χ1) is 16.9. The Hall–Kier alpha value is -3.15. The van der Waals surface area contributed by atoms with E-state index in [0.29, 0.717) is 38.3 Å². The second kappa shape index (κ2) is 9.84. The number of nitrogens with one attached hydrogen (secondary N) is 1. The zero-order valence-corrected chi connectivity index (χ0v) is 19.2. The number of hydrogen-bond acceptors (Lipinski definition) is 7. The lowest BCUT2D eigenvalue weighted by molar-refractivity contribution is -0.146. The Balaban J connectivity index is 1.19. The van der Waals surface area contributed by atoms with Crippen LogP contribution in [-0.2, 0) is 11.0 Å². The van der Waals surface area contributed by atoms with Crippen molar-refractivity contribution in [3.8, 4) is 0 Å². The Morgan fingerprint density at radius 1 is 1.09 bits per heavy atom. The Labute approximate surface area is 200 Å². The van der Waals surface area contributed by atoms with Gasteiger partial charge in [0.05, 0.1) is 12.3 Å². The van der Waals surface area contributed by atoms with Crippen LogP contribution in [0.5, 0.6) is 0 Å². The number of halogens is 3. The zero-order chi connectivity index (χ0) is 24.4. The lowest BCUT2D eigenvalue weighted by Gasteiger charge is -2.35. The van der Waals surface area contributed by atoms with E-state index >= 15 is 0 Å². The smallest absolute Gasteiger partial charge is 0.453 e. The molecule has 2 saturated heterocycles. The number of fused-ring (bicyclic) bond motifs is 1. The van der Waals surface area contributed by atoms with Crippen LogP contribution < -0.4 is 10.2 Å². The molecule has 3 aromatic heterocycles. The van der Waals surface area contributed by atoms with E-state index in [0.717, 1.165) is 36.2 Å². The molecule has 1 unspecified atom stereocenters. The number of likely N-dealkylation sites (tertiary alicyclic amines) is 1. The summed E-state index contributed by atoms with van der Waals surface area (Å²) in [7, 11) is 0. The number of carbonyl (C=O) groups excluding carboxylic acids is 1. The molecule has 1 atom stereocenters. The number of piperidine rings is 2. The maximum absolute atomic E-state index is 13.2. The van der Waals surface area contributed by atoms with Gasteiger partial charge in [-0.2, -0.15) is 17.7 Å². The maximum atomic E-state index is 13.2. The van der Waals surface area contributed by atoms with Gasteiger partial charge in [-0.1, -0.05) is 6.42 Å². The molecule has 5 heterocycles. The molecule has 2 aliphatic rings. The molecule has 1 amide bonds. The second-order valence-electron chi connectivity index (χ2n) is 9.12. The molecule has 1 N–H and O–H groups in total. The van der Waals surface area contributed by atoms with Gasteiger partial charge in [0.2, 0.25) is 5.91 Å². The van der Waals surface area contributed by atoms with Crippen molar-refractivity contribution in [3.63, 3.8) is 0 Å². The van der Waals surface area contributed by atoms with Crippen LogP contribution in [0, 0.1) is 5.92 Å². The molecule has 0 aliphatic carbocycles. The van der Waals surface area contributed by atoms with Gasteiger partial charge in [0, 0.05) is 25.6 Å². The SMILES string of the molecule is O=C(NCC(c1ccco1)N1CCCCC1)C1CCN(c2ccc3nnc(C(F)(F)F)n3n2)CC1. The molecule has 0 aromatic carbocycles. The number of carbonyl (C=O) groups is 1. The van der Waals surface area contributed by atoms with E-state index in [1.54, 1.807) is 12.3 Å². The van der Waals surface area contributed by atoms with E-state index < -0.39 is 12.0 Å². The fraction of sp³-hybridized carbons (Fsp3) is 0.565. The molecule has 12 heteroatoms. The Kier molecular flexibility index (Phi) is 6.63. The minimum absolute atomic E-state index is 0.000191. The maximum Gasteiger partial charge on any atom is 0.453 e. The fourth-order valence-corrected chi connectivity index (χ4v) is 4.96. The van der Waals surface area contributed by atoms with Gasteiger partial charge in [-0.05, 0) is 63.0 Å². The number of anilines is 1. The first-order valence-corrected chi connectivity index (χ1v) is 12.0. The van der Waals surface area contributed by atoms with Crippen LogP contribution in [0.4, 0.5) is 19.0 Å². The third kappa shape index (κ3) is 5.12. The molecule has 5 rings (SSSR count). The summed E-state index contributed by atoms with van der Waals surface area (Å²) < 4.78 is 45.9. The first kappa shape index (κ1) is 23.6. The molecule has 0 saturated carbocycles. The van der Waals surface area contributed by atoms with Crippen molar-refractivity contribution in [2.45, 2.75) is 44.3 Å². The van der Waals surface area contributed by atoms with Gasteiger partial charge in [-0.15, -0.1) is 15.3 Å². The minimum atomic E-state index is -4.64. The topological polar surface area (TPSA) is 91.8 Å². The average molecular weight is 492 g/mol. The second-order valence-corrected chi connectivity index (χ2v) is 9.12. The van der Waals surface area contributed by atoms with Crippen LogP contribution in [0.15, 0.2) is 34.9 Å². The third-order valence-electron chi connectivity index (χ3n) is 6.86. The lowest BCUT2D eigenvalue weighted by atomic mass is 9.95. The van der Waals surface area contributed by atoms with E-state index in [1.165, 1.54) is 12.5 Å². The minimum Gasteiger partial charge on any atom is -0.468 e. The highest BCUT2D eigenvalue weighted by Gasteiger charge is 2.38. The predicted octanol–water partition coefficient (Wildman–Crippen LogP) is 3.30. The summed E-state index contributed by atoms with van der Waals surface area (Å²) in [4.78, 5) is 17.2. The highest BCUT2D eigenvalue weighted by atomic mass is 19.4. The van der Waals surface area contributed by atoms with Crippen LogP contribution in [-0.4, -0.2) is 63.3 Å². The molecular weight excluding hydrogens is 463 g/mol. The molecule has 0 bridgehead atoms. The van der Waals surface area contributed by atoms with Crippen LogP contribution in [0.3, 0.4) is 0 Å². The summed E-state index contributed by atoms with van der Waals surface area (Å²) in [6, 6.07) is 6.94.